The summed E-state index contributed by atoms with van der Waals surface area (Å²) >= 11 is 0. The van der Waals surface area contributed by atoms with Gasteiger partial charge in [0.25, 0.3) is 0 Å². The number of nitrogens with zero attached hydrogens (tertiary/aromatic N) is 2. The first kappa shape index (κ1) is 17.7. The maximum Gasteiger partial charge on any atom is 0.356 e. The molecule has 1 heterocycles. The normalized spacial score (nSPS) is 11.3. The van der Waals surface area contributed by atoms with Crippen LogP contribution in [0.15, 0.2) is 59.5 Å². The van der Waals surface area contributed by atoms with E-state index in [-0.39, 0.29) is 10.6 Å². The molecule has 0 bridgehead atoms. The van der Waals surface area contributed by atoms with Gasteiger partial charge in [-0.05, 0) is 42.5 Å². The summed E-state index contributed by atoms with van der Waals surface area (Å²) in [5, 5.41) is 13.4. The van der Waals surface area contributed by atoms with Crippen molar-refractivity contribution in [2.24, 2.45) is 0 Å². The fraction of sp³-hybridized carbons (Fsp3) is 0.111. The van der Waals surface area contributed by atoms with E-state index in [1.807, 2.05) is 0 Å². The molecular formula is C18H16N2O5S. The molecule has 0 aliphatic heterocycles. The van der Waals surface area contributed by atoms with E-state index in [1.165, 1.54) is 22.9 Å². The van der Waals surface area contributed by atoms with Crippen molar-refractivity contribution in [3.05, 3.63) is 60.3 Å². The van der Waals surface area contributed by atoms with Crippen molar-refractivity contribution in [3.63, 3.8) is 0 Å². The van der Waals surface area contributed by atoms with Gasteiger partial charge < -0.3 is 9.84 Å². The molecule has 26 heavy (non-hydrogen) atoms. The predicted molar refractivity (Wildman–Crippen MR) is 95.6 cm³/mol. The Kier molecular flexibility index (Phi) is 4.52. The molecule has 0 saturated carbocycles. The van der Waals surface area contributed by atoms with Crippen LogP contribution in [0.5, 0.6) is 5.75 Å². The topological polar surface area (TPSA) is 98.5 Å². The lowest BCUT2D eigenvalue weighted by atomic mass is 10.1. The van der Waals surface area contributed by atoms with E-state index in [4.69, 9.17) is 4.74 Å². The van der Waals surface area contributed by atoms with Gasteiger partial charge >= 0.3 is 5.97 Å². The lowest BCUT2D eigenvalue weighted by Crippen LogP contribution is -2.02. The number of sulfone groups is 1. The average molecular weight is 372 g/mol. The largest absolute Gasteiger partial charge is 0.497 e. The van der Waals surface area contributed by atoms with Gasteiger partial charge in [0, 0.05) is 11.8 Å². The molecule has 3 rings (SSSR count). The van der Waals surface area contributed by atoms with E-state index >= 15 is 0 Å². The number of carbonyl (C=O) groups is 1. The number of benzene rings is 2. The third kappa shape index (κ3) is 3.45. The van der Waals surface area contributed by atoms with E-state index in [0.29, 0.717) is 22.7 Å². The van der Waals surface area contributed by atoms with Gasteiger partial charge in [0.05, 0.1) is 23.4 Å². The molecule has 134 valence electrons. The minimum Gasteiger partial charge on any atom is -0.497 e. The van der Waals surface area contributed by atoms with Crippen molar-refractivity contribution in [2.75, 3.05) is 13.4 Å². The fourth-order valence-corrected chi connectivity index (χ4v) is 3.11. The summed E-state index contributed by atoms with van der Waals surface area (Å²) in [6.45, 7) is 0. The summed E-state index contributed by atoms with van der Waals surface area (Å²) in [4.78, 5) is 11.5. The number of ether oxygens (including phenoxy) is 1. The van der Waals surface area contributed by atoms with Crippen LogP contribution in [0.4, 0.5) is 0 Å². The number of methoxy groups -OCH3 is 1. The first-order valence-electron chi connectivity index (χ1n) is 7.58. The second kappa shape index (κ2) is 6.64. The van der Waals surface area contributed by atoms with Crippen LogP contribution in [0.3, 0.4) is 0 Å². The van der Waals surface area contributed by atoms with E-state index in [9.17, 15) is 18.3 Å². The molecule has 2 aromatic carbocycles. The molecule has 7 nitrogen and oxygen atoms in total. The third-order valence-electron chi connectivity index (χ3n) is 3.82. The van der Waals surface area contributed by atoms with Crippen LogP contribution in [0.1, 0.15) is 10.5 Å². The number of hydrogen-bond donors (Lipinski definition) is 1. The number of rotatable bonds is 5. The molecule has 0 spiro atoms. The zero-order valence-corrected chi connectivity index (χ0v) is 14.9. The van der Waals surface area contributed by atoms with E-state index < -0.39 is 15.8 Å². The Morgan fingerprint density at radius 1 is 1.08 bits per heavy atom. The maximum atomic E-state index is 11.6. The third-order valence-corrected chi connectivity index (χ3v) is 4.95. The molecule has 0 unspecified atom stereocenters. The van der Waals surface area contributed by atoms with E-state index in [0.717, 1.165) is 6.26 Å². The van der Waals surface area contributed by atoms with Crippen LogP contribution in [0, 0.1) is 0 Å². The van der Waals surface area contributed by atoms with Gasteiger partial charge in [-0.15, -0.1) is 0 Å². The number of carboxylic acids is 1. The summed E-state index contributed by atoms with van der Waals surface area (Å²) in [6.07, 6.45) is 1.13. The lowest BCUT2D eigenvalue weighted by Gasteiger charge is -2.09. The minimum atomic E-state index is -3.31. The van der Waals surface area contributed by atoms with Crippen LogP contribution in [-0.2, 0) is 9.84 Å². The molecule has 1 N–H and O–H groups in total. The summed E-state index contributed by atoms with van der Waals surface area (Å²) in [5.74, 6) is -0.482. The molecule has 0 amide bonds. The number of aromatic nitrogens is 2. The van der Waals surface area contributed by atoms with Gasteiger partial charge in [-0.25, -0.2) is 17.9 Å². The lowest BCUT2D eigenvalue weighted by molar-refractivity contribution is 0.0690. The Hall–Kier alpha value is -3.13. The Bertz CT molecular complexity index is 1050. The van der Waals surface area contributed by atoms with Gasteiger partial charge in [-0.2, -0.15) is 5.10 Å². The first-order chi connectivity index (χ1) is 12.3. The molecule has 3 aromatic rings. The summed E-state index contributed by atoms with van der Waals surface area (Å²) < 4.78 is 29.9. The Morgan fingerprint density at radius 3 is 2.19 bits per heavy atom. The highest BCUT2D eigenvalue weighted by Crippen LogP contribution is 2.26. The first-order valence-corrected chi connectivity index (χ1v) is 9.47. The standard InChI is InChI=1S/C18H16N2O5S/c1-25-14-7-5-13(6-8-14)20-17(11-16(19-20)18(21)22)12-3-9-15(10-4-12)26(2,23)24/h3-11H,1-2H3,(H,21,22). The zero-order chi connectivity index (χ0) is 18.9. The zero-order valence-electron chi connectivity index (χ0n) is 14.1. The van der Waals surface area contributed by atoms with Gasteiger partial charge in [0.2, 0.25) is 0 Å². The molecule has 0 aliphatic carbocycles. The number of carboxylic acid groups (broad SMARTS) is 1. The minimum absolute atomic E-state index is 0.108. The average Bonchev–Trinajstić information content (AvgIpc) is 3.07. The highest BCUT2D eigenvalue weighted by atomic mass is 32.2. The van der Waals surface area contributed by atoms with Gasteiger partial charge in [-0.1, -0.05) is 12.1 Å². The summed E-state index contributed by atoms with van der Waals surface area (Å²) in [7, 11) is -1.75. The maximum absolute atomic E-state index is 11.6. The van der Waals surface area contributed by atoms with Crippen molar-refractivity contribution in [3.8, 4) is 22.7 Å². The quantitative estimate of drug-likeness (QED) is 0.739. The van der Waals surface area contributed by atoms with Crippen molar-refractivity contribution < 1.29 is 23.1 Å². The van der Waals surface area contributed by atoms with Crippen molar-refractivity contribution >= 4 is 15.8 Å². The van der Waals surface area contributed by atoms with E-state index in [1.54, 1.807) is 43.5 Å². The van der Waals surface area contributed by atoms with Crippen LogP contribution in [0.25, 0.3) is 16.9 Å². The molecular weight excluding hydrogens is 356 g/mol. The Balaban J connectivity index is 2.12. The molecule has 0 aliphatic rings. The molecule has 0 radical (unpaired) electrons. The summed E-state index contributed by atoms with van der Waals surface area (Å²) in [6, 6.07) is 14.7. The van der Waals surface area contributed by atoms with Crippen molar-refractivity contribution in [2.45, 2.75) is 4.90 Å². The van der Waals surface area contributed by atoms with Gasteiger partial charge in [-0.3, -0.25) is 0 Å². The molecule has 0 saturated heterocycles. The fourth-order valence-electron chi connectivity index (χ4n) is 2.48. The summed E-state index contributed by atoms with van der Waals surface area (Å²) in [5.41, 5.74) is 1.73. The van der Waals surface area contributed by atoms with Crippen LogP contribution in [0.2, 0.25) is 0 Å². The van der Waals surface area contributed by atoms with Gasteiger partial charge in [0.15, 0.2) is 15.5 Å². The highest BCUT2D eigenvalue weighted by molar-refractivity contribution is 7.90. The van der Waals surface area contributed by atoms with E-state index in [2.05, 4.69) is 5.10 Å². The smallest absolute Gasteiger partial charge is 0.356 e. The molecule has 0 fully saturated rings. The monoisotopic (exact) mass is 372 g/mol. The van der Waals surface area contributed by atoms with Crippen molar-refractivity contribution in [1.82, 2.24) is 9.78 Å². The van der Waals surface area contributed by atoms with Gasteiger partial charge in [0.1, 0.15) is 5.75 Å². The molecule has 8 heteroatoms. The highest BCUT2D eigenvalue weighted by Gasteiger charge is 2.17. The Morgan fingerprint density at radius 2 is 1.69 bits per heavy atom. The second-order valence-corrected chi connectivity index (χ2v) is 7.64. The van der Waals surface area contributed by atoms with Crippen LogP contribution in [-0.4, -0.2) is 42.6 Å². The number of aromatic carboxylic acids is 1. The Labute approximate surface area is 150 Å². The van der Waals surface area contributed by atoms with Crippen LogP contribution >= 0.6 is 0 Å². The SMILES string of the molecule is COc1ccc(-n2nc(C(=O)O)cc2-c2ccc(S(C)(=O)=O)cc2)cc1. The van der Waals surface area contributed by atoms with Crippen LogP contribution < -0.4 is 4.74 Å². The predicted octanol–water partition coefficient (Wildman–Crippen LogP) is 2.65. The van der Waals surface area contributed by atoms with Crippen molar-refractivity contribution in [1.29, 1.82) is 0 Å². The number of hydrogen-bond acceptors (Lipinski definition) is 5. The second-order valence-electron chi connectivity index (χ2n) is 5.63. The molecule has 0 atom stereocenters. The molecule has 1 aromatic heterocycles.